The SMILES string of the molecule is Cc1c(-c2cccc([C@]3(c4cc(C(C)(C)C)ccn4)c4[c-]cccc4-c4ccccc43)n2)[c-]ccc1C(C)(C)C.[Ir+3].[c-]1ccc2c(oc3ccccc32)c1-c1nccc2ccccc12. The van der Waals surface area contributed by atoms with Gasteiger partial charge in [-0.15, -0.1) is 64.2 Å². The summed E-state index contributed by atoms with van der Waals surface area (Å²) in [5.41, 5.74) is 15.2. The van der Waals surface area contributed by atoms with E-state index in [9.17, 15) is 0 Å². The van der Waals surface area contributed by atoms with Crippen LogP contribution >= 0.6 is 0 Å². The smallest absolute Gasteiger partial charge is 0.501 e. The van der Waals surface area contributed by atoms with E-state index < -0.39 is 5.41 Å². The first kappa shape index (κ1) is 42.8. The van der Waals surface area contributed by atoms with E-state index in [0.717, 1.165) is 66.8 Å². The minimum atomic E-state index is -0.694. The van der Waals surface area contributed by atoms with E-state index in [1.807, 2.05) is 67.0 Å². The number of fused-ring (bicyclic) bond motifs is 7. The predicted molar refractivity (Wildman–Crippen MR) is 258 cm³/mol. The van der Waals surface area contributed by atoms with Gasteiger partial charge in [-0.1, -0.05) is 144 Å². The number of hydrogen-bond acceptors (Lipinski definition) is 4. The fraction of sp³-hybridized carbons (Fsp3) is 0.169. The summed E-state index contributed by atoms with van der Waals surface area (Å²) < 4.78 is 6.12. The molecule has 0 unspecified atom stereocenters. The first-order valence-electron chi connectivity index (χ1n) is 21.7. The molecular weight excluding hydrogens is 959 g/mol. The molecule has 0 amide bonds. The molecule has 0 aliphatic heterocycles. The Morgan fingerprint density at radius 1 is 0.562 bits per heavy atom. The molecule has 0 saturated carbocycles. The van der Waals surface area contributed by atoms with Crippen molar-refractivity contribution < 1.29 is 24.5 Å². The molecule has 314 valence electrons. The summed E-state index contributed by atoms with van der Waals surface area (Å²) in [5.74, 6) is 0. The fourth-order valence-corrected chi connectivity index (χ4v) is 9.54. The maximum atomic E-state index is 6.12. The number of aromatic nitrogens is 3. The summed E-state index contributed by atoms with van der Waals surface area (Å²) in [5, 5.41) is 4.50. The first-order chi connectivity index (χ1) is 30.4. The molecule has 0 fully saturated rings. The summed E-state index contributed by atoms with van der Waals surface area (Å²) >= 11 is 0. The molecule has 11 rings (SSSR count). The van der Waals surface area contributed by atoms with Crippen LogP contribution in [-0.2, 0) is 36.4 Å². The van der Waals surface area contributed by atoms with Crippen LogP contribution in [0, 0.1) is 25.1 Å². The van der Waals surface area contributed by atoms with Crippen molar-refractivity contribution in [3.05, 3.63) is 221 Å². The van der Waals surface area contributed by atoms with E-state index in [0.29, 0.717) is 0 Å². The van der Waals surface area contributed by atoms with Gasteiger partial charge in [-0.25, -0.2) is 0 Å². The Morgan fingerprint density at radius 2 is 1.28 bits per heavy atom. The van der Waals surface area contributed by atoms with Gasteiger partial charge in [0.25, 0.3) is 0 Å². The van der Waals surface area contributed by atoms with Crippen molar-refractivity contribution in [1.82, 2.24) is 15.0 Å². The van der Waals surface area contributed by atoms with Crippen LogP contribution in [0.5, 0.6) is 0 Å². The van der Waals surface area contributed by atoms with Gasteiger partial charge in [0.2, 0.25) is 0 Å². The average Bonchev–Trinajstić information content (AvgIpc) is 3.83. The van der Waals surface area contributed by atoms with Crippen LogP contribution in [0.15, 0.2) is 168 Å². The third-order valence-corrected chi connectivity index (χ3v) is 12.6. The van der Waals surface area contributed by atoms with E-state index in [1.165, 1.54) is 38.8 Å². The first-order valence-corrected chi connectivity index (χ1v) is 21.7. The zero-order chi connectivity index (χ0) is 43.5. The van der Waals surface area contributed by atoms with Crippen molar-refractivity contribution in [3.8, 4) is 33.6 Å². The van der Waals surface area contributed by atoms with Crippen LogP contribution in [-0.4, -0.2) is 15.0 Å². The van der Waals surface area contributed by atoms with Crippen LogP contribution in [0.25, 0.3) is 66.4 Å². The monoisotopic (exact) mass is 1010 g/mol. The summed E-state index contributed by atoms with van der Waals surface area (Å²) in [7, 11) is 0. The van der Waals surface area contributed by atoms with Crippen LogP contribution in [0.3, 0.4) is 0 Å². The minimum absolute atomic E-state index is 0. The number of hydrogen-bond donors (Lipinski definition) is 0. The van der Waals surface area contributed by atoms with E-state index in [2.05, 4.69) is 169 Å². The topological polar surface area (TPSA) is 51.8 Å². The molecule has 1 atom stereocenters. The Morgan fingerprint density at radius 3 is 2.11 bits per heavy atom. The van der Waals surface area contributed by atoms with Crippen LogP contribution in [0.2, 0.25) is 0 Å². The Kier molecular flexibility index (Phi) is 11.1. The minimum Gasteiger partial charge on any atom is -0.501 e. The van der Waals surface area contributed by atoms with Crippen LogP contribution in [0.1, 0.15) is 80.7 Å². The average molecular weight is 1010 g/mol. The fourth-order valence-electron chi connectivity index (χ4n) is 9.54. The largest absolute Gasteiger partial charge is 3.00 e. The normalized spacial score (nSPS) is 14.4. The molecule has 10 aromatic rings. The van der Waals surface area contributed by atoms with E-state index >= 15 is 0 Å². The molecule has 1 aliphatic carbocycles. The third kappa shape index (κ3) is 7.18. The zero-order valence-corrected chi connectivity index (χ0v) is 39.6. The quantitative estimate of drug-likeness (QED) is 0.165. The molecule has 0 radical (unpaired) electrons. The molecule has 4 aromatic heterocycles. The maximum absolute atomic E-state index is 6.12. The molecule has 0 saturated heterocycles. The van der Waals surface area contributed by atoms with Crippen LogP contribution < -0.4 is 0 Å². The van der Waals surface area contributed by atoms with Gasteiger partial charge < -0.3 is 9.40 Å². The molecule has 4 heterocycles. The molecule has 4 nitrogen and oxygen atoms in total. The summed E-state index contributed by atoms with van der Waals surface area (Å²) in [6.07, 6.45) is 3.79. The summed E-state index contributed by atoms with van der Waals surface area (Å²) in [4.78, 5) is 15.1. The number of benzene rings is 6. The third-order valence-electron chi connectivity index (χ3n) is 12.6. The van der Waals surface area contributed by atoms with Gasteiger partial charge in [0, 0.05) is 23.5 Å². The van der Waals surface area contributed by atoms with Crippen molar-refractivity contribution >= 4 is 32.7 Å². The van der Waals surface area contributed by atoms with Gasteiger partial charge in [0.1, 0.15) is 5.58 Å². The number of para-hydroxylation sites is 1. The Hall–Kier alpha value is -6.52. The van der Waals surface area contributed by atoms with Gasteiger partial charge in [0.05, 0.1) is 16.7 Å². The van der Waals surface area contributed by atoms with Gasteiger partial charge in [0.15, 0.2) is 0 Å². The van der Waals surface area contributed by atoms with Gasteiger partial charge in [-0.05, 0) is 74.4 Å². The number of nitrogens with zero attached hydrogens (tertiary/aromatic N) is 3. The Bertz CT molecular complexity index is 3300. The summed E-state index contributed by atoms with van der Waals surface area (Å²) in [6.45, 7) is 15.7. The molecule has 0 spiro atoms. The zero-order valence-electron chi connectivity index (χ0n) is 37.2. The molecular formula is C59H48IrN3O. The molecule has 0 bridgehead atoms. The van der Waals surface area contributed by atoms with E-state index in [4.69, 9.17) is 14.4 Å². The molecule has 0 N–H and O–H groups in total. The van der Waals surface area contributed by atoms with Crippen LogP contribution in [0.4, 0.5) is 0 Å². The van der Waals surface area contributed by atoms with Crippen molar-refractivity contribution in [1.29, 1.82) is 0 Å². The Labute approximate surface area is 389 Å². The second-order valence-electron chi connectivity index (χ2n) is 18.6. The summed E-state index contributed by atoms with van der Waals surface area (Å²) in [6, 6.07) is 62.9. The van der Waals surface area contributed by atoms with E-state index in [1.54, 1.807) is 0 Å². The maximum Gasteiger partial charge on any atom is 3.00 e. The van der Waals surface area contributed by atoms with Gasteiger partial charge >= 0.3 is 20.1 Å². The number of rotatable bonds is 4. The van der Waals surface area contributed by atoms with Crippen molar-refractivity contribution in [3.63, 3.8) is 0 Å². The molecule has 5 heteroatoms. The van der Waals surface area contributed by atoms with Gasteiger partial charge in [-0.2, -0.15) is 24.3 Å². The van der Waals surface area contributed by atoms with Crippen molar-refractivity contribution in [2.45, 2.75) is 64.7 Å². The number of pyridine rings is 3. The van der Waals surface area contributed by atoms with Crippen molar-refractivity contribution in [2.24, 2.45) is 0 Å². The second-order valence-corrected chi connectivity index (χ2v) is 18.6. The molecule has 6 aromatic carbocycles. The molecule has 64 heavy (non-hydrogen) atoms. The predicted octanol–water partition coefficient (Wildman–Crippen LogP) is 14.6. The van der Waals surface area contributed by atoms with Gasteiger partial charge in [-0.3, -0.25) is 9.97 Å². The standard InChI is InChI=1S/C38H36N2.C21H12NO.Ir/c1-25-27(16-12-19-30(25)37(5,6)7)33-20-13-21-34(40-33)38(35-24-26(22-23-39-35)36(2,3)4)31-17-10-8-14-28(31)29-15-9-11-18-32(29)38;1-2-7-15-14(6-1)12-13-22-20(15)18-10-5-9-17-16-8-3-4-11-19(16)23-21(17)18;/h8-15,17,19-24H,1-7H3;1-9,11-13H;/q-2;-1;+3/t38-;;/m1../s1. The second kappa shape index (κ2) is 16.6. The molecule has 1 aliphatic rings. The van der Waals surface area contributed by atoms with Crippen molar-refractivity contribution in [2.75, 3.05) is 0 Å². The number of furan rings is 1. The van der Waals surface area contributed by atoms with E-state index in [-0.39, 0.29) is 30.9 Å². The Balaban J connectivity index is 0.000000182.